The van der Waals surface area contributed by atoms with Gasteiger partial charge < -0.3 is 9.72 Å². The number of hydrogen-bond acceptors (Lipinski definition) is 3. The molecule has 1 aliphatic rings. The number of nitrogens with zero attached hydrogens (tertiary/aromatic N) is 3. The molecule has 1 amide bonds. The van der Waals surface area contributed by atoms with Crippen molar-refractivity contribution in [1.29, 1.82) is 0 Å². The second-order valence-corrected chi connectivity index (χ2v) is 6.94. The summed E-state index contributed by atoms with van der Waals surface area (Å²) in [6.07, 6.45) is 8.02. The fourth-order valence-corrected chi connectivity index (χ4v) is 3.86. The highest BCUT2D eigenvalue weighted by Gasteiger charge is 2.23. The molecule has 1 N–H and O–H groups in total. The third kappa shape index (κ3) is 2.81. The second-order valence-electron chi connectivity index (χ2n) is 6.94. The first-order valence-electron chi connectivity index (χ1n) is 8.89. The Balaban J connectivity index is 1.69. The number of fused-ring (bicyclic) bond motifs is 3. The Morgan fingerprint density at radius 2 is 2.04 bits per heavy atom. The molecule has 0 radical (unpaired) electrons. The summed E-state index contributed by atoms with van der Waals surface area (Å²) in [6.45, 7) is 2.18. The van der Waals surface area contributed by atoms with Crippen LogP contribution in [0.5, 0.6) is 0 Å². The van der Waals surface area contributed by atoms with Crippen molar-refractivity contribution < 1.29 is 4.79 Å². The number of pyridine rings is 1. The Labute approximate surface area is 145 Å². The van der Waals surface area contributed by atoms with Gasteiger partial charge in [0.2, 0.25) is 5.91 Å². The van der Waals surface area contributed by atoms with E-state index < -0.39 is 0 Å². The summed E-state index contributed by atoms with van der Waals surface area (Å²) in [6, 6.07) is 7.55. The lowest BCUT2D eigenvalue weighted by Gasteiger charge is -2.29. The third-order valence-electron chi connectivity index (χ3n) is 5.25. The highest BCUT2D eigenvalue weighted by atomic mass is 16.2. The fourth-order valence-electron chi connectivity index (χ4n) is 3.86. The van der Waals surface area contributed by atoms with Crippen molar-refractivity contribution in [1.82, 2.24) is 19.3 Å². The van der Waals surface area contributed by atoms with E-state index in [-0.39, 0.29) is 24.1 Å². The number of carbonyl (C=O) groups is 1. The number of rotatable bonds is 3. The molecule has 0 aliphatic heterocycles. The number of hydrogen-bond donors (Lipinski definition) is 1. The third-order valence-corrected chi connectivity index (χ3v) is 5.25. The maximum atomic E-state index is 12.8. The predicted molar refractivity (Wildman–Crippen MR) is 96.5 cm³/mol. The summed E-state index contributed by atoms with van der Waals surface area (Å²) >= 11 is 0. The Morgan fingerprint density at radius 3 is 2.88 bits per heavy atom. The number of amides is 1. The first-order chi connectivity index (χ1) is 12.1. The van der Waals surface area contributed by atoms with Gasteiger partial charge in [0.05, 0.1) is 5.52 Å². The minimum atomic E-state index is -0.192. The summed E-state index contributed by atoms with van der Waals surface area (Å²) in [7, 11) is 0. The number of nitrogens with one attached hydrogen (secondary N) is 1. The quantitative estimate of drug-likeness (QED) is 0.797. The van der Waals surface area contributed by atoms with Crippen molar-refractivity contribution in [2.24, 2.45) is 5.92 Å². The van der Waals surface area contributed by atoms with E-state index in [2.05, 4.69) is 17.2 Å². The average Bonchev–Trinajstić information content (AvgIpc) is 3.11. The first-order valence-corrected chi connectivity index (χ1v) is 8.89. The van der Waals surface area contributed by atoms with Crippen molar-refractivity contribution in [2.45, 2.75) is 45.2 Å². The van der Waals surface area contributed by atoms with E-state index in [1.165, 1.54) is 11.0 Å². The highest BCUT2D eigenvalue weighted by molar-refractivity contribution is 5.80. The van der Waals surface area contributed by atoms with Crippen LogP contribution in [0.1, 0.15) is 32.6 Å². The molecule has 3 aromatic heterocycles. The molecule has 4 rings (SSSR count). The van der Waals surface area contributed by atoms with Gasteiger partial charge in [-0.3, -0.25) is 14.2 Å². The second kappa shape index (κ2) is 6.35. The van der Waals surface area contributed by atoms with Crippen LogP contribution in [-0.2, 0) is 11.3 Å². The molecule has 0 aromatic carbocycles. The van der Waals surface area contributed by atoms with E-state index in [0.29, 0.717) is 17.1 Å². The molecular formula is C19H22N4O2. The molecule has 6 nitrogen and oxygen atoms in total. The zero-order chi connectivity index (χ0) is 17.4. The molecule has 3 heterocycles. The molecule has 0 unspecified atom stereocenters. The zero-order valence-corrected chi connectivity index (χ0v) is 14.3. The van der Waals surface area contributed by atoms with Crippen LogP contribution in [0.15, 0.2) is 41.5 Å². The van der Waals surface area contributed by atoms with Gasteiger partial charge in [-0.25, -0.2) is 4.98 Å². The molecule has 25 heavy (non-hydrogen) atoms. The zero-order valence-electron chi connectivity index (χ0n) is 14.3. The molecule has 1 aliphatic carbocycles. The van der Waals surface area contributed by atoms with Gasteiger partial charge in [0.25, 0.3) is 5.56 Å². The predicted octanol–water partition coefficient (Wildman–Crippen LogP) is 2.34. The molecule has 6 heteroatoms. The van der Waals surface area contributed by atoms with Crippen molar-refractivity contribution in [2.75, 3.05) is 0 Å². The van der Waals surface area contributed by atoms with Crippen molar-refractivity contribution in [3.05, 3.63) is 47.0 Å². The Kier molecular flexibility index (Phi) is 4.03. The van der Waals surface area contributed by atoms with Crippen molar-refractivity contribution in [3.8, 4) is 0 Å². The van der Waals surface area contributed by atoms with E-state index in [1.807, 2.05) is 28.8 Å². The standard InChI is InChI=1S/C19H22N4O2/c1-13-6-2-3-7-14(13)21-17(24)12-23-18-15(8-4-10-20-18)22-11-5-9-16(22)19(23)25/h4-5,8-11,13-14H,2-3,6-7,12H2,1H3,(H,21,24)/t13-,14-/m0/s1. The van der Waals surface area contributed by atoms with Gasteiger partial charge in [-0.05, 0) is 43.0 Å². The SMILES string of the molecule is C[C@H]1CCCC[C@@H]1NC(=O)Cn1c(=O)c2cccn2c2cccnc21. The average molecular weight is 338 g/mol. The lowest BCUT2D eigenvalue weighted by molar-refractivity contribution is -0.122. The van der Waals surface area contributed by atoms with Gasteiger partial charge >= 0.3 is 0 Å². The van der Waals surface area contributed by atoms with Crippen molar-refractivity contribution in [3.63, 3.8) is 0 Å². The highest BCUT2D eigenvalue weighted by Crippen LogP contribution is 2.23. The van der Waals surface area contributed by atoms with Gasteiger partial charge in [0.15, 0.2) is 5.65 Å². The Hall–Kier alpha value is -2.63. The largest absolute Gasteiger partial charge is 0.352 e. The number of carbonyl (C=O) groups excluding carboxylic acids is 1. The van der Waals surface area contributed by atoms with Crippen LogP contribution in [0.25, 0.3) is 16.7 Å². The minimum Gasteiger partial charge on any atom is -0.352 e. The molecule has 0 saturated heterocycles. The van der Waals surface area contributed by atoms with E-state index in [9.17, 15) is 9.59 Å². The summed E-state index contributed by atoms with van der Waals surface area (Å²) in [4.78, 5) is 29.8. The van der Waals surface area contributed by atoms with E-state index in [1.54, 1.807) is 12.3 Å². The fraction of sp³-hybridized carbons (Fsp3) is 0.421. The van der Waals surface area contributed by atoms with Crippen molar-refractivity contribution >= 4 is 22.6 Å². The van der Waals surface area contributed by atoms with Crippen LogP contribution in [-0.4, -0.2) is 25.9 Å². The van der Waals surface area contributed by atoms with Crippen LogP contribution in [0.4, 0.5) is 0 Å². The molecule has 1 saturated carbocycles. The van der Waals surface area contributed by atoms with Crippen LogP contribution in [0.3, 0.4) is 0 Å². The summed E-state index contributed by atoms with van der Waals surface area (Å²) in [5.41, 5.74) is 1.71. The maximum Gasteiger partial charge on any atom is 0.276 e. The van der Waals surface area contributed by atoms with Crippen LogP contribution < -0.4 is 10.9 Å². The smallest absolute Gasteiger partial charge is 0.276 e. The topological polar surface area (TPSA) is 68.4 Å². The molecule has 2 atom stereocenters. The van der Waals surface area contributed by atoms with Crippen LogP contribution in [0.2, 0.25) is 0 Å². The van der Waals surface area contributed by atoms with Gasteiger partial charge in [-0.15, -0.1) is 0 Å². The molecular weight excluding hydrogens is 316 g/mol. The Morgan fingerprint density at radius 1 is 1.24 bits per heavy atom. The lowest BCUT2D eigenvalue weighted by Crippen LogP contribution is -2.43. The van der Waals surface area contributed by atoms with Crippen LogP contribution in [0, 0.1) is 5.92 Å². The lowest BCUT2D eigenvalue weighted by atomic mass is 9.86. The Bertz CT molecular complexity index is 988. The van der Waals surface area contributed by atoms with E-state index >= 15 is 0 Å². The minimum absolute atomic E-state index is 0.00273. The molecule has 130 valence electrons. The number of aromatic nitrogens is 3. The van der Waals surface area contributed by atoms with E-state index in [4.69, 9.17) is 0 Å². The summed E-state index contributed by atoms with van der Waals surface area (Å²) < 4.78 is 3.30. The van der Waals surface area contributed by atoms with Crippen LogP contribution >= 0.6 is 0 Å². The molecule has 3 aromatic rings. The van der Waals surface area contributed by atoms with Gasteiger partial charge in [-0.1, -0.05) is 19.8 Å². The molecule has 0 spiro atoms. The monoisotopic (exact) mass is 338 g/mol. The molecule has 0 bridgehead atoms. The molecule has 1 fully saturated rings. The first kappa shape index (κ1) is 15.9. The normalized spacial score (nSPS) is 20.8. The maximum absolute atomic E-state index is 12.8. The van der Waals surface area contributed by atoms with Gasteiger partial charge in [0, 0.05) is 18.4 Å². The summed E-state index contributed by atoms with van der Waals surface area (Å²) in [5.74, 6) is 0.362. The van der Waals surface area contributed by atoms with Gasteiger partial charge in [0.1, 0.15) is 12.1 Å². The summed E-state index contributed by atoms with van der Waals surface area (Å²) in [5, 5.41) is 3.12. The van der Waals surface area contributed by atoms with E-state index in [0.717, 1.165) is 24.8 Å². The van der Waals surface area contributed by atoms with Gasteiger partial charge in [-0.2, -0.15) is 0 Å².